The van der Waals surface area contributed by atoms with Crippen LogP contribution >= 0.6 is 0 Å². The van der Waals surface area contributed by atoms with Gasteiger partial charge in [-0.3, -0.25) is 0 Å². The number of rotatable bonds is 3. The zero-order valence-electron chi connectivity index (χ0n) is 11.4. The number of hydrogen-bond acceptors (Lipinski definition) is 12. The summed E-state index contributed by atoms with van der Waals surface area (Å²) in [5, 5.41) is 29.5. The Bertz CT molecular complexity index is 144. The van der Waals surface area contributed by atoms with E-state index in [-0.39, 0.29) is 17.1 Å². The molecular weight excluding hydrogens is 344 g/mol. The first-order valence-electron chi connectivity index (χ1n) is 5.04. The van der Waals surface area contributed by atoms with E-state index in [4.69, 9.17) is 65.0 Å². The molecule has 0 aromatic rings. The molecule has 14 nitrogen and oxygen atoms in total. The van der Waals surface area contributed by atoms with Crippen LogP contribution in [0.5, 0.6) is 0 Å². The van der Waals surface area contributed by atoms with Crippen LogP contribution in [0.15, 0.2) is 0 Å². The first kappa shape index (κ1) is 36.7. The molecule has 0 aliphatic heterocycles. The van der Waals surface area contributed by atoms with Gasteiger partial charge in [0.05, 0.1) is 10.2 Å². The van der Waals surface area contributed by atoms with Crippen molar-refractivity contribution in [3.05, 3.63) is 30.6 Å². The average molecular weight is 368 g/mol. The van der Waals surface area contributed by atoms with Gasteiger partial charge in [-0.15, -0.1) is 0 Å². The Morgan fingerprint density at radius 3 is 0.571 bits per heavy atom. The molecule has 0 rings (SSSR count). The van der Waals surface area contributed by atoms with Gasteiger partial charge in [-0.1, -0.05) is 0 Å². The Hall–Kier alpha value is -1.32. The Labute approximate surface area is 132 Å². The predicted octanol–water partition coefficient (Wildman–Crippen LogP) is -3.77. The summed E-state index contributed by atoms with van der Waals surface area (Å²) in [6, 6.07) is 0. The fraction of sp³-hybridized carbons (Fsp3) is 1.00. The molecule has 0 aromatic heterocycles. The molecule has 0 fully saturated rings. The molecule has 0 aromatic carbocycles. The van der Waals surface area contributed by atoms with Gasteiger partial charge in [-0.05, 0) is 0 Å². The van der Waals surface area contributed by atoms with Crippen molar-refractivity contribution >= 4 is 0 Å². The molecule has 0 spiro atoms. The second-order valence-corrected chi connectivity index (χ2v) is 2.18. The van der Waals surface area contributed by atoms with Gasteiger partial charge in [0.2, 0.25) is 0 Å². The van der Waals surface area contributed by atoms with Crippen molar-refractivity contribution < 1.29 is 27.2 Å². The number of nitrogens with two attached hydrogens (primary N) is 6. The van der Waals surface area contributed by atoms with Gasteiger partial charge in [-0.25, -0.2) is 0 Å². The van der Waals surface area contributed by atoms with Gasteiger partial charge in [0.1, 0.15) is 0 Å². The van der Waals surface area contributed by atoms with E-state index in [0.29, 0.717) is 39.3 Å². The van der Waals surface area contributed by atoms with Crippen molar-refractivity contribution in [3.8, 4) is 0 Å². The zero-order chi connectivity index (χ0) is 17.4. The minimum absolute atomic E-state index is 0. The van der Waals surface area contributed by atoms with E-state index in [1.807, 2.05) is 0 Å². The van der Waals surface area contributed by atoms with Crippen molar-refractivity contribution in [2.45, 2.75) is 0 Å². The molecular formula is C6H24CuN8O6. The Morgan fingerprint density at radius 2 is 0.571 bits per heavy atom. The molecule has 1 radical (unpaired) electrons. The molecule has 0 saturated heterocycles. The van der Waals surface area contributed by atoms with Crippen LogP contribution in [0, 0.1) is 30.6 Å². The third kappa shape index (κ3) is 1840. The first-order chi connectivity index (χ1) is 9.21. The van der Waals surface area contributed by atoms with Crippen molar-refractivity contribution in [2.75, 3.05) is 39.3 Å². The topological polar surface area (TPSA) is 289 Å². The summed E-state index contributed by atoms with van der Waals surface area (Å²) in [6.07, 6.45) is 0. The monoisotopic (exact) mass is 367 g/mol. The van der Waals surface area contributed by atoms with Crippen LogP contribution in [-0.4, -0.2) is 49.4 Å². The minimum atomic E-state index is -1.75. The second-order valence-electron chi connectivity index (χ2n) is 2.18. The maximum atomic E-state index is 8.25. The minimum Gasteiger partial charge on any atom is -0.356 e. The summed E-state index contributed by atoms with van der Waals surface area (Å²) >= 11 is 0. The van der Waals surface area contributed by atoms with Crippen LogP contribution in [0.3, 0.4) is 0 Å². The largest absolute Gasteiger partial charge is 2.00 e. The van der Waals surface area contributed by atoms with E-state index < -0.39 is 10.2 Å². The van der Waals surface area contributed by atoms with Crippen molar-refractivity contribution in [3.63, 3.8) is 0 Å². The number of hydrogen-bond donors (Lipinski definition) is 6. The average Bonchev–Trinajstić information content (AvgIpc) is 2.37. The summed E-state index contributed by atoms with van der Waals surface area (Å²) in [7, 11) is 0. The van der Waals surface area contributed by atoms with Crippen molar-refractivity contribution in [1.29, 1.82) is 0 Å². The quantitative estimate of drug-likeness (QED) is 0.159. The number of nitrogens with zero attached hydrogens (tertiary/aromatic N) is 2. The Balaban J connectivity index is -0.0000000331. The summed E-state index contributed by atoms with van der Waals surface area (Å²) in [4.78, 5) is 16.5. The molecule has 0 amide bonds. The Morgan fingerprint density at radius 1 is 0.524 bits per heavy atom. The molecule has 15 heteroatoms. The Kier molecular flexibility index (Phi) is 89.5. The van der Waals surface area contributed by atoms with Crippen LogP contribution in [0.4, 0.5) is 0 Å². The van der Waals surface area contributed by atoms with E-state index in [1.165, 1.54) is 0 Å². The SMILES string of the molecule is NCCN.NCCN.NCCN.O=[N+]([O-])[O-].O=[N+]([O-])[O-].[Cu+2]. The molecule has 135 valence electrons. The maximum absolute atomic E-state index is 8.25. The van der Waals surface area contributed by atoms with Gasteiger partial charge >= 0.3 is 17.1 Å². The third-order valence-corrected chi connectivity index (χ3v) is 0.500. The standard InChI is InChI=1S/3C2H8N2.Cu.2NO3/c3*3-1-2-4;;2*2-1(3)4/h3*1-4H2;;;/q;;;+2;2*-1. The zero-order valence-corrected chi connectivity index (χ0v) is 12.3. The van der Waals surface area contributed by atoms with E-state index >= 15 is 0 Å². The van der Waals surface area contributed by atoms with Gasteiger partial charge in [0.25, 0.3) is 0 Å². The molecule has 12 N–H and O–H groups in total. The van der Waals surface area contributed by atoms with E-state index in [9.17, 15) is 0 Å². The van der Waals surface area contributed by atoms with Crippen molar-refractivity contribution in [1.82, 2.24) is 0 Å². The molecule has 21 heavy (non-hydrogen) atoms. The van der Waals surface area contributed by atoms with E-state index in [2.05, 4.69) is 0 Å². The predicted molar refractivity (Wildman–Crippen MR) is 75.0 cm³/mol. The molecule has 0 aliphatic rings. The van der Waals surface area contributed by atoms with E-state index in [1.54, 1.807) is 0 Å². The van der Waals surface area contributed by atoms with Crippen LogP contribution < -0.4 is 34.4 Å². The van der Waals surface area contributed by atoms with Gasteiger partial charge < -0.3 is 65.0 Å². The second kappa shape index (κ2) is 51.2. The van der Waals surface area contributed by atoms with Gasteiger partial charge in [0.15, 0.2) is 0 Å². The van der Waals surface area contributed by atoms with Gasteiger partial charge in [-0.2, -0.15) is 0 Å². The van der Waals surface area contributed by atoms with Crippen LogP contribution in [0.25, 0.3) is 0 Å². The normalized spacial score (nSPS) is 6.57. The molecule has 0 heterocycles. The summed E-state index contributed by atoms with van der Waals surface area (Å²) in [5.41, 5.74) is 29.4. The fourth-order valence-corrected chi connectivity index (χ4v) is 0. The molecule has 0 unspecified atom stereocenters. The van der Waals surface area contributed by atoms with Crippen molar-refractivity contribution in [2.24, 2.45) is 34.4 Å². The third-order valence-electron chi connectivity index (χ3n) is 0.500. The van der Waals surface area contributed by atoms with E-state index in [0.717, 1.165) is 0 Å². The maximum Gasteiger partial charge on any atom is 2.00 e. The van der Waals surface area contributed by atoms with Crippen LogP contribution in [0.2, 0.25) is 0 Å². The van der Waals surface area contributed by atoms with Gasteiger partial charge in [0, 0.05) is 39.3 Å². The summed E-state index contributed by atoms with van der Waals surface area (Å²) in [5.74, 6) is 0. The summed E-state index contributed by atoms with van der Waals surface area (Å²) < 4.78 is 0. The van der Waals surface area contributed by atoms with Crippen LogP contribution in [-0.2, 0) is 17.1 Å². The summed E-state index contributed by atoms with van der Waals surface area (Å²) in [6.45, 7) is 3.58. The smallest absolute Gasteiger partial charge is 0.356 e. The first-order valence-corrected chi connectivity index (χ1v) is 5.04. The molecule has 0 saturated carbocycles. The molecule has 0 bridgehead atoms. The fourth-order valence-electron chi connectivity index (χ4n) is 0. The van der Waals surface area contributed by atoms with Crippen LogP contribution in [0.1, 0.15) is 0 Å². The molecule has 0 aliphatic carbocycles. The molecule has 0 atom stereocenters.